The maximum absolute atomic E-state index is 12.2. The predicted molar refractivity (Wildman–Crippen MR) is 128 cm³/mol. The van der Waals surface area contributed by atoms with E-state index in [0.29, 0.717) is 27.7 Å². The van der Waals surface area contributed by atoms with Crippen molar-refractivity contribution in [2.75, 3.05) is 17.2 Å². The van der Waals surface area contributed by atoms with Crippen molar-refractivity contribution in [3.63, 3.8) is 0 Å². The van der Waals surface area contributed by atoms with Crippen LogP contribution in [0.15, 0.2) is 77.9 Å². The van der Waals surface area contributed by atoms with Crippen LogP contribution in [0.25, 0.3) is 0 Å². The molecular weight excluding hydrogens is 444 g/mol. The lowest BCUT2D eigenvalue weighted by Gasteiger charge is -2.10. The molecule has 0 unspecified atom stereocenters. The molecule has 0 fully saturated rings. The zero-order chi connectivity index (χ0) is 23.6. The number of nitrogens with zero attached hydrogens (tertiary/aromatic N) is 1. The Balaban J connectivity index is 1.53. The first-order valence-corrected chi connectivity index (χ1v) is 10.3. The van der Waals surface area contributed by atoms with E-state index >= 15 is 0 Å². The van der Waals surface area contributed by atoms with E-state index in [0.717, 1.165) is 5.56 Å². The molecule has 3 aromatic rings. The van der Waals surface area contributed by atoms with Gasteiger partial charge in [0.1, 0.15) is 5.75 Å². The van der Waals surface area contributed by atoms with E-state index in [-0.39, 0.29) is 12.5 Å². The van der Waals surface area contributed by atoms with Gasteiger partial charge in [0.2, 0.25) is 0 Å². The van der Waals surface area contributed by atoms with E-state index in [4.69, 9.17) is 16.3 Å². The Morgan fingerprint density at radius 1 is 0.909 bits per heavy atom. The van der Waals surface area contributed by atoms with Gasteiger partial charge in [-0.1, -0.05) is 41.9 Å². The molecule has 0 aliphatic rings. The van der Waals surface area contributed by atoms with Crippen molar-refractivity contribution in [3.8, 4) is 5.75 Å². The molecule has 0 saturated heterocycles. The molecule has 3 amide bonds. The molecule has 168 valence electrons. The van der Waals surface area contributed by atoms with Crippen molar-refractivity contribution in [3.05, 3.63) is 88.9 Å². The molecule has 0 bridgehead atoms. The fraction of sp³-hybridized carbons (Fsp3) is 0.0833. The first-order chi connectivity index (χ1) is 15.9. The number of ether oxygens (including phenoxy) is 1. The van der Waals surface area contributed by atoms with E-state index in [2.05, 4.69) is 21.2 Å². The molecule has 3 N–H and O–H groups in total. The van der Waals surface area contributed by atoms with Gasteiger partial charge < -0.3 is 15.4 Å². The number of benzene rings is 3. The summed E-state index contributed by atoms with van der Waals surface area (Å²) in [5, 5.41) is 9.40. The number of hydrazone groups is 1. The summed E-state index contributed by atoms with van der Waals surface area (Å²) >= 11 is 5.85. The molecule has 0 spiro atoms. The van der Waals surface area contributed by atoms with E-state index in [9.17, 15) is 14.4 Å². The lowest BCUT2D eigenvalue weighted by molar-refractivity contribution is -0.136. The van der Waals surface area contributed by atoms with Gasteiger partial charge in [0.05, 0.1) is 6.21 Å². The summed E-state index contributed by atoms with van der Waals surface area (Å²) in [4.78, 5) is 36.1. The molecular formula is C24H21ClN4O4. The molecule has 9 heteroatoms. The third-order valence-electron chi connectivity index (χ3n) is 4.24. The lowest BCUT2D eigenvalue weighted by atomic mass is 10.2. The van der Waals surface area contributed by atoms with Gasteiger partial charge in [0, 0.05) is 22.0 Å². The molecule has 0 atom stereocenters. The van der Waals surface area contributed by atoms with Crippen molar-refractivity contribution < 1.29 is 19.1 Å². The van der Waals surface area contributed by atoms with Crippen LogP contribution in [-0.2, 0) is 14.4 Å². The summed E-state index contributed by atoms with van der Waals surface area (Å²) in [5.41, 5.74) is 4.75. The number of anilines is 2. The van der Waals surface area contributed by atoms with Gasteiger partial charge in [-0.05, 0) is 55.0 Å². The number of hydrogen-bond acceptors (Lipinski definition) is 5. The first kappa shape index (κ1) is 23.5. The molecule has 0 aliphatic carbocycles. The second-order valence-electron chi connectivity index (χ2n) is 6.91. The van der Waals surface area contributed by atoms with Gasteiger partial charge in [0.25, 0.3) is 5.91 Å². The number of carbonyl (C=O) groups is 3. The molecule has 8 nitrogen and oxygen atoms in total. The largest absolute Gasteiger partial charge is 0.483 e. The zero-order valence-corrected chi connectivity index (χ0v) is 18.4. The summed E-state index contributed by atoms with van der Waals surface area (Å²) in [5.74, 6) is -1.79. The Hall–Kier alpha value is -4.17. The van der Waals surface area contributed by atoms with Crippen molar-refractivity contribution in [1.29, 1.82) is 0 Å². The van der Waals surface area contributed by atoms with E-state index < -0.39 is 11.8 Å². The number of rotatable bonds is 7. The van der Waals surface area contributed by atoms with Crippen LogP contribution < -0.4 is 20.8 Å². The van der Waals surface area contributed by atoms with Crippen LogP contribution in [0.4, 0.5) is 11.4 Å². The van der Waals surface area contributed by atoms with Gasteiger partial charge in [0.15, 0.2) is 6.61 Å². The van der Waals surface area contributed by atoms with Crippen molar-refractivity contribution >= 4 is 46.9 Å². The summed E-state index contributed by atoms with van der Waals surface area (Å²) < 4.78 is 5.59. The molecule has 0 radical (unpaired) electrons. The van der Waals surface area contributed by atoms with Crippen LogP contribution in [0.3, 0.4) is 0 Å². The van der Waals surface area contributed by atoms with Gasteiger partial charge >= 0.3 is 11.8 Å². The van der Waals surface area contributed by atoms with Gasteiger partial charge in [-0.2, -0.15) is 5.10 Å². The monoisotopic (exact) mass is 464 g/mol. The second kappa shape index (κ2) is 11.4. The predicted octanol–water partition coefficient (Wildman–Crippen LogP) is 3.75. The minimum absolute atomic E-state index is 0.215. The molecule has 3 rings (SSSR count). The number of carbonyl (C=O) groups excluding carboxylic acids is 3. The zero-order valence-electron chi connectivity index (χ0n) is 17.7. The van der Waals surface area contributed by atoms with Gasteiger partial charge in [-0.3, -0.25) is 14.4 Å². The Morgan fingerprint density at radius 3 is 2.39 bits per heavy atom. The molecule has 0 aromatic heterocycles. The van der Waals surface area contributed by atoms with Crippen molar-refractivity contribution in [1.82, 2.24) is 5.43 Å². The summed E-state index contributed by atoms with van der Waals surface area (Å²) in [6, 6.07) is 20.7. The Morgan fingerprint density at radius 2 is 1.64 bits per heavy atom. The highest BCUT2D eigenvalue weighted by Crippen LogP contribution is 2.17. The number of aryl methyl sites for hydroxylation is 1. The van der Waals surface area contributed by atoms with Crippen LogP contribution in [0.5, 0.6) is 5.75 Å². The topological polar surface area (TPSA) is 109 Å². The number of halogens is 1. The number of amides is 3. The minimum atomic E-state index is -0.956. The van der Waals surface area contributed by atoms with Crippen molar-refractivity contribution in [2.45, 2.75) is 6.92 Å². The normalized spacial score (nSPS) is 10.5. The fourth-order valence-electron chi connectivity index (χ4n) is 2.75. The third-order valence-corrected chi connectivity index (χ3v) is 4.47. The van der Waals surface area contributed by atoms with E-state index in [1.807, 2.05) is 25.1 Å². The molecule has 0 aliphatic heterocycles. The van der Waals surface area contributed by atoms with Crippen LogP contribution in [0.1, 0.15) is 11.1 Å². The average molecular weight is 465 g/mol. The Kier molecular flexibility index (Phi) is 8.15. The third kappa shape index (κ3) is 7.48. The van der Waals surface area contributed by atoms with Crippen LogP contribution in [0, 0.1) is 6.92 Å². The van der Waals surface area contributed by atoms with Crippen LogP contribution >= 0.6 is 11.6 Å². The molecule has 0 heterocycles. The second-order valence-corrected chi connectivity index (χ2v) is 7.34. The minimum Gasteiger partial charge on any atom is -0.483 e. The smallest absolute Gasteiger partial charge is 0.329 e. The number of para-hydroxylation sites is 1. The van der Waals surface area contributed by atoms with E-state index in [1.165, 1.54) is 12.3 Å². The average Bonchev–Trinajstić information content (AvgIpc) is 2.78. The first-order valence-electron chi connectivity index (χ1n) is 9.89. The quantitative estimate of drug-likeness (QED) is 0.281. The van der Waals surface area contributed by atoms with Gasteiger partial charge in [-0.25, -0.2) is 5.43 Å². The highest BCUT2D eigenvalue weighted by atomic mass is 35.5. The lowest BCUT2D eigenvalue weighted by Crippen LogP contribution is -2.32. The number of nitrogens with one attached hydrogen (secondary N) is 3. The maximum Gasteiger partial charge on any atom is 0.329 e. The van der Waals surface area contributed by atoms with Gasteiger partial charge in [-0.15, -0.1) is 0 Å². The maximum atomic E-state index is 12.2. The highest BCUT2D eigenvalue weighted by molar-refractivity contribution is 6.39. The SMILES string of the molecule is Cc1cccc(NC(=O)COc2ccccc2/C=N\NC(=O)C(=O)Nc2cccc(Cl)c2)c1. The Labute approximate surface area is 195 Å². The van der Waals surface area contributed by atoms with Crippen LogP contribution in [0.2, 0.25) is 5.02 Å². The fourth-order valence-corrected chi connectivity index (χ4v) is 2.94. The highest BCUT2D eigenvalue weighted by Gasteiger charge is 2.13. The standard InChI is InChI=1S/C24H21ClN4O4/c1-16-6-4-9-19(12-16)27-22(30)15-33-21-11-3-2-7-17(21)14-26-29-24(32)23(31)28-20-10-5-8-18(25)13-20/h2-14H,15H2,1H3,(H,27,30)(H,28,31)(H,29,32)/b26-14-. The molecule has 3 aromatic carbocycles. The summed E-state index contributed by atoms with van der Waals surface area (Å²) in [7, 11) is 0. The molecule has 33 heavy (non-hydrogen) atoms. The van der Waals surface area contributed by atoms with Crippen LogP contribution in [-0.4, -0.2) is 30.5 Å². The number of hydrogen-bond donors (Lipinski definition) is 3. The summed E-state index contributed by atoms with van der Waals surface area (Å²) in [6.07, 6.45) is 1.32. The Bertz CT molecular complexity index is 1200. The molecule has 0 saturated carbocycles. The summed E-state index contributed by atoms with van der Waals surface area (Å²) in [6.45, 7) is 1.72. The van der Waals surface area contributed by atoms with E-state index in [1.54, 1.807) is 48.5 Å². The van der Waals surface area contributed by atoms with Crippen molar-refractivity contribution in [2.24, 2.45) is 5.10 Å².